The molecule has 4 heterocycles. The first kappa shape index (κ1) is 62.5. The van der Waals surface area contributed by atoms with Gasteiger partial charge in [0.1, 0.15) is 0 Å². The van der Waals surface area contributed by atoms with Gasteiger partial charge in [0.15, 0.2) is 0 Å². The van der Waals surface area contributed by atoms with Gasteiger partial charge in [-0.1, -0.05) is 259 Å². The first-order valence-electron chi connectivity index (χ1n) is 30.9. The molecule has 2 aliphatic rings. The molecule has 0 saturated carbocycles. The largest absolute Gasteiger partial charge is 0.373 e. The van der Waals surface area contributed by atoms with Gasteiger partial charge in [0.05, 0.1) is 12.8 Å². The minimum absolute atomic E-state index is 0.416. The molecule has 1 unspecified atom stereocenters. The molecule has 2 aliphatic heterocycles. The average Bonchev–Trinajstić information content (AvgIpc) is 4.10. The van der Waals surface area contributed by atoms with E-state index in [2.05, 4.69) is 112 Å². The quantitative estimate of drug-likeness (QED) is 0.0608. The molecule has 1 atom stereocenters. The maximum Gasteiger partial charge on any atom is 0.0740 e. The van der Waals surface area contributed by atoms with Gasteiger partial charge in [0, 0.05) is 33.9 Å². The van der Waals surface area contributed by atoms with E-state index in [0.29, 0.717) is 5.25 Å². The van der Waals surface area contributed by atoms with Crippen molar-refractivity contribution in [2.45, 2.75) is 322 Å². The van der Waals surface area contributed by atoms with Crippen LogP contribution < -0.4 is 0 Å². The minimum Gasteiger partial charge on any atom is -0.373 e. The Labute approximate surface area is 464 Å². The summed E-state index contributed by atoms with van der Waals surface area (Å²) < 4.78 is 2.89. The molecule has 1 nitrogen and oxygen atoms in total. The Balaban J connectivity index is 1.63. The Morgan fingerprint density at radius 2 is 0.729 bits per heavy atom. The molecule has 2 aromatic rings. The van der Waals surface area contributed by atoms with Crippen molar-refractivity contribution >= 4 is 71.2 Å². The van der Waals surface area contributed by atoms with E-state index in [0.717, 1.165) is 6.54 Å². The number of rotatable bonds is 47. The van der Waals surface area contributed by atoms with Gasteiger partial charge in [0.2, 0.25) is 0 Å². The van der Waals surface area contributed by atoms with E-state index in [1.165, 1.54) is 297 Å². The van der Waals surface area contributed by atoms with Gasteiger partial charge in [-0.15, -0.1) is 34.4 Å². The fourth-order valence-electron chi connectivity index (χ4n) is 11.4. The molecular formula is C64H109Br2NS3. The Morgan fingerprint density at radius 1 is 0.400 bits per heavy atom. The molecule has 402 valence electrons. The number of hydrogen-bond acceptors (Lipinski definition) is 4. The highest BCUT2D eigenvalue weighted by Crippen LogP contribution is 2.62. The van der Waals surface area contributed by atoms with Crippen LogP contribution in [0.3, 0.4) is 0 Å². The lowest BCUT2D eigenvalue weighted by Gasteiger charge is -2.18. The van der Waals surface area contributed by atoms with Gasteiger partial charge in [-0.05, 0) is 123 Å². The van der Waals surface area contributed by atoms with Crippen LogP contribution in [-0.4, -0.2) is 18.0 Å². The molecule has 6 heteroatoms. The lowest BCUT2D eigenvalue weighted by atomic mass is 9.94. The van der Waals surface area contributed by atoms with Crippen LogP contribution in [0.1, 0.15) is 329 Å². The molecule has 0 radical (unpaired) electrons. The monoisotopic (exact) mass is 1150 g/mol. The third kappa shape index (κ3) is 23.5. The van der Waals surface area contributed by atoms with Crippen LogP contribution in [0.5, 0.6) is 0 Å². The summed E-state index contributed by atoms with van der Waals surface area (Å²) in [6, 6.07) is 0. The van der Waals surface area contributed by atoms with Crippen molar-refractivity contribution in [2.75, 3.05) is 13.1 Å². The highest BCUT2D eigenvalue weighted by atomic mass is 79.9. The molecule has 0 aromatic carbocycles. The lowest BCUT2D eigenvalue weighted by Crippen LogP contribution is -2.16. The molecule has 70 heavy (non-hydrogen) atoms. The Bertz CT molecular complexity index is 1680. The standard InChI is InChI=1S/C64H109Br2NS3/c1-6-11-16-21-26-31-36-41-46-53-55(48-43-38-33-28-23-18-13-8-3)63(65)69-59(53)61-57-51-67(50-45-40-35-30-25-20-15-10-5)52-58(57)62(68-61)60-54(47-42-37-32-27-22-17-12-7-2)56(64(66)70-60)49-44-39-34-29-24-19-14-9-4/h51,61H,6-50,52H2,1-5H3. The molecular weight excluding hydrogens is 1040 g/mol. The molecule has 0 spiro atoms. The maximum absolute atomic E-state index is 4.29. The van der Waals surface area contributed by atoms with Crippen molar-refractivity contribution in [3.63, 3.8) is 0 Å². The molecule has 0 aliphatic carbocycles. The predicted molar refractivity (Wildman–Crippen MR) is 329 cm³/mol. The molecule has 2 aromatic heterocycles. The van der Waals surface area contributed by atoms with Crippen LogP contribution in [0.15, 0.2) is 24.9 Å². The van der Waals surface area contributed by atoms with E-state index < -0.39 is 0 Å². The topological polar surface area (TPSA) is 3.24 Å². The van der Waals surface area contributed by atoms with Crippen LogP contribution in [0.4, 0.5) is 0 Å². The van der Waals surface area contributed by atoms with E-state index in [1.807, 2.05) is 0 Å². The van der Waals surface area contributed by atoms with Crippen LogP contribution in [0.25, 0.3) is 4.91 Å². The summed E-state index contributed by atoms with van der Waals surface area (Å²) in [6.45, 7) is 14.0. The predicted octanol–water partition coefficient (Wildman–Crippen LogP) is 24.6. The SMILES string of the molecule is CCCCCCCCCCc1c(Br)sc(C2=C3CN(CCCCCCCCCC)C=C3C(c3sc(Br)c(CCCCCCCCCC)c3CCCCCCCCCC)S2)c1CCCCCCCCCC. The second-order valence-corrected chi connectivity index (χ2v) is 27.9. The summed E-state index contributed by atoms with van der Waals surface area (Å²) in [7, 11) is 0. The summed E-state index contributed by atoms with van der Waals surface area (Å²) in [5, 5.41) is 0.416. The zero-order valence-electron chi connectivity index (χ0n) is 46.6. The zero-order chi connectivity index (χ0) is 49.9. The zero-order valence-corrected chi connectivity index (χ0v) is 52.2. The van der Waals surface area contributed by atoms with Crippen molar-refractivity contribution in [3.05, 3.63) is 56.9 Å². The highest BCUT2D eigenvalue weighted by molar-refractivity contribution is 9.11. The summed E-state index contributed by atoms with van der Waals surface area (Å²) in [5.41, 5.74) is 10.2. The number of hydrogen-bond donors (Lipinski definition) is 0. The van der Waals surface area contributed by atoms with E-state index in [4.69, 9.17) is 0 Å². The first-order chi connectivity index (χ1) is 34.5. The van der Waals surface area contributed by atoms with Crippen molar-refractivity contribution in [1.82, 2.24) is 4.90 Å². The van der Waals surface area contributed by atoms with Gasteiger partial charge >= 0.3 is 0 Å². The summed E-state index contributed by atoms with van der Waals surface area (Å²) in [5.74, 6) is 0. The van der Waals surface area contributed by atoms with Gasteiger partial charge in [-0.2, -0.15) is 0 Å². The van der Waals surface area contributed by atoms with Crippen LogP contribution in [-0.2, 0) is 25.7 Å². The average molecular weight is 1150 g/mol. The lowest BCUT2D eigenvalue weighted by molar-refractivity contribution is 0.403. The van der Waals surface area contributed by atoms with Crippen molar-refractivity contribution in [1.29, 1.82) is 0 Å². The number of nitrogens with zero attached hydrogens (tertiary/aromatic N) is 1. The molecule has 0 saturated heterocycles. The van der Waals surface area contributed by atoms with Crippen molar-refractivity contribution < 1.29 is 0 Å². The smallest absolute Gasteiger partial charge is 0.0740 e. The van der Waals surface area contributed by atoms with Crippen molar-refractivity contribution in [2.24, 2.45) is 0 Å². The van der Waals surface area contributed by atoms with E-state index in [1.54, 1.807) is 48.1 Å². The van der Waals surface area contributed by atoms with Crippen LogP contribution in [0.2, 0.25) is 0 Å². The van der Waals surface area contributed by atoms with Gasteiger partial charge in [-0.3, -0.25) is 0 Å². The Hall–Kier alpha value is -0.0100. The number of unbranched alkanes of at least 4 members (excludes halogenated alkanes) is 35. The molecule has 0 bridgehead atoms. The number of thiophene rings is 2. The van der Waals surface area contributed by atoms with Crippen LogP contribution >= 0.6 is 66.3 Å². The van der Waals surface area contributed by atoms with Gasteiger partial charge in [0.25, 0.3) is 0 Å². The van der Waals surface area contributed by atoms with E-state index in [-0.39, 0.29) is 0 Å². The third-order valence-electron chi connectivity index (χ3n) is 15.9. The maximum atomic E-state index is 4.29. The summed E-state index contributed by atoms with van der Waals surface area (Å²) >= 11 is 15.1. The minimum atomic E-state index is 0.416. The van der Waals surface area contributed by atoms with Crippen LogP contribution in [0, 0.1) is 0 Å². The van der Waals surface area contributed by atoms with Crippen molar-refractivity contribution in [3.8, 4) is 0 Å². The molecule has 0 N–H and O–H groups in total. The van der Waals surface area contributed by atoms with Gasteiger partial charge in [-0.25, -0.2) is 0 Å². The fraction of sp³-hybridized carbons (Fsp3) is 0.812. The second-order valence-electron chi connectivity index (χ2n) is 22.1. The normalized spacial score (nSPS) is 14.8. The number of fused-ring (bicyclic) bond motifs is 1. The van der Waals surface area contributed by atoms with E-state index in [9.17, 15) is 0 Å². The highest BCUT2D eigenvalue weighted by Gasteiger charge is 2.40. The first-order valence-corrected chi connectivity index (χ1v) is 35.0. The number of halogens is 2. The fourth-order valence-corrected chi connectivity index (χ4v) is 17.4. The molecule has 0 amide bonds. The third-order valence-corrected chi connectivity index (χ3v) is 21.7. The molecule has 0 fully saturated rings. The van der Waals surface area contributed by atoms with E-state index >= 15 is 0 Å². The molecule has 4 rings (SSSR count). The number of thioether (sulfide) groups is 1. The Kier molecular flexibility index (Phi) is 36.0. The van der Waals surface area contributed by atoms with Gasteiger partial charge < -0.3 is 4.90 Å². The second kappa shape index (κ2) is 40.3. The summed E-state index contributed by atoms with van der Waals surface area (Å²) in [4.78, 5) is 7.76. The Morgan fingerprint density at radius 3 is 1.14 bits per heavy atom. The summed E-state index contributed by atoms with van der Waals surface area (Å²) in [6.07, 6.45) is 63.3.